The zero-order valence-corrected chi connectivity index (χ0v) is 13.9. The van der Waals surface area contributed by atoms with Crippen LogP contribution in [-0.4, -0.2) is 27.3 Å². The van der Waals surface area contributed by atoms with Crippen molar-refractivity contribution in [2.24, 2.45) is 0 Å². The van der Waals surface area contributed by atoms with E-state index < -0.39 is 5.97 Å². The predicted molar refractivity (Wildman–Crippen MR) is 91.4 cm³/mol. The van der Waals surface area contributed by atoms with Gasteiger partial charge in [-0.25, -0.2) is 4.79 Å². The zero-order chi connectivity index (χ0) is 17.4. The lowest BCUT2D eigenvalue weighted by molar-refractivity contribution is -0.138. The molecule has 0 bridgehead atoms. The van der Waals surface area contributed by atoms with Crippen LogP contribution >= 0.6 is 0 Å². The number of hydrogen-bond acceptors (Lipinski definition) is 5. The molecule has 0 aliphatic carbocycles. The second-order valence-electron chi connectivity index (χ2n) is 4.84. The fourth-order valence-electron chi connectivity index (χ4n) is 2.22. The van der Waals surface area contributed by atoms with Gasteiger partial charge in [0.2, 0.25) is 0 Å². The van der Waals surface area contributed by atoms with Crippen molar-refractivity contribution in [3.8, 4) is 17.2 Å². The Labute approximate surface area is 141 Å². The molecule has 0 aliphatic heterocycles. The first-order valence-corrected chi connectivity index (χ1v) is 7.37. The largest absolute Gasteiger partial charge is 0.496 e. The molecule has 126 valence electrons. The van der Waals surface area contributed by atoms with Gasteiger partial charge in [-0.3, -0.25) is 0 Å². The molecule has 0 radical (unpaired) electrons. The summed E-state index contributed by atoms with van der Waals surface area (Å²) in [5.41, 5.74) is 1.53. The molecule has 2 rings (SSSR count). The van der Waals surface area contributed by atoms with E-state index in [0.29, 0.717) is 17.2 Å². The summed E-state index contributed by atoms with van der Waals surface area (Å²) in [5, 5.41) is 0. The third-order valence-corrected chi connectivity index (χ3v) is 3.39. The highest BCUT2D eigenvalue weighted by Crippen LogP contribution is 2.31. The topological polar surface area (TPSA) is 54.0 Å². The SMILES string of the molecule is COc1ccccc1COC(=O)/C=C/c1cccc(OC)c1OC. The molecule has 2 aromatic rings. The normalized spacial score (nSPS) is 10.5. The van der Waals surface area contributed by atoms with Crippen molar-refractivity contribution in [3.63, 3.8) is 0 Å². The van der Waals surface area contributed by atoms with Gasteiger partial charge in [0.15, 0.2) is 11.5 Å². The first-order valence-electron chi connectivity index (χ1n) is 7.37. The van der Waals surface area contributed by atoms with Gasteiger partial charge in [-0.15, -0.1) is 0 Å². The van der Waals surface area contributed by atoms with E-state index >= 15 is 0 Å². The van der Waals surface area contributed by atoms with Crippen LogP contribution in [0.2, 0.25) is 0 Å². The van der Waals surface area contributed by atoms with E-state index in [9.17, 15) is 4.79 Å². The van der Waals surface area contributed by atoms with Crippen LogP contribution in [0.4, 0.5) is 0 Å². The lowest BCUT2D eigenvalue weighted by atomic mass is 10.1. The van der Waals surface area contributed by atoms with Gasteiger partial charge in [-0.2, -0.15) is 0 Å². The van der Waals surface area contributed by atoms with E-state index in [1.807, 2.05) is 36.4 Å². The fraction of sp³-hybridized carbons (Fsp3) is 0.211. The zero-order valence-electron chi connectivity index (χ0n) is 13.9. The second kappa shape index (κ2) is 8.62. The van der Waals surface area contributed by atoms with Crippen LogP contribution in [0.3, 0.4) is 0 Å². The molecule has 0 spiro atoms. The van der Waals surface area contributed by atoms with Crippen molar-refractivity contribution in [1.29, 1.82) is 0 Å². The summed E-state index contributed by atoms with van der Waals surface area (Å²) in [4.78, 5) is 11.9. The Hall–Kier alpha value is -2.95. The van der Waals surface area contributed by atoms with Crippen LogP contribution in [0.25, 0.3) is 6.08 Å². The molecule has 5 nitrogen and oxygen atoms in total. The molecule has 0 heterocycles. The number of benzene rings is 2. The summed E-state index contributed by atoms with van der Waals surface area (Å²) in [5.74, 6) is 1.39. The van der Waals surface area contributed by atoms with Gasteiger partial charge in [-0.05, 0) is 18.2 Å². The van der Waals surface area contributed by atoms with E-state index in [2.05, 4.69) is 0 Å². The van der Waals surface area contributed by atoms with Gasteiger partial charge >= 0.3 is 5.97 Å². The van der Waals surface area contributed by atoms with Crippen LogP contribution in [0, 0.1) is 0 Å². The van der Waals surface area contributed by atoms with Gasteiger partial charge in [0, 0.05) is 17.2 Å². The van der Waals surface area contributed by atoms with Gasteiger partial charge in [-0.1, -0.05) is 30.3 Å². The highest BCUT2D eigenvalue weighted by molar-refractivity contribution is 5.87. The minimum Gasteiger partial charge on any atom is -0.496 e. The lowest BCUT2D eigenvalue weighted by Gasteiger charge is -2.10. The first kappa shape index (κ1) is 17.4. The number of ether oxygens (including phenoxy) is 4. The first-order chi connectivity index (χ1) is 11.7. The molecule has 0 amide bonds. The fourth-order valence-corrected chi connectivity index (χ4v) is 2.22. The van der Waals surface area contributed by atoms with Crippen molar-refractivity contribution in [2.75, 3.05) is 21.3 Å². The number of carbonyl (C=O) groups is 1. The van der Waals surface area contributed by atoms with Gasteiger partial charge in [0.1, 0.15) is 12.4 Å². The van der Waals surface area contributed by atoms with Crippen molar-refractivity contribution < 1.29 is 23.7 Å². The molecule has 2 aromatic carbocycles. The number of para-hydroxylation sites is 2. The molecule has 0 unspecified atom stereocenters. The molecule has 0 saturated heterocycles. The predicted octanol–water partition coefficient (Wildman–Crippen LogP) is 3.47. The summed E-state index contributed by atoms with van der Waals surface area (Å²) in [6.07, 6.45) is 2.98. The minimum atomic E-state index is -0.453. The maximum atomic E-state index is 11.9. The standard InChI is InChI=1S/C19H20O5/c1-21-16-9-5-4-7-15(16)13-24-18(20)12-11-14-8-6-10-17(22-2)19(14)23-3/h4-12H,13H2,1-3H3/b12-11+. The molecule has 0 aromatic heterocycles. The molecular formula is C19H20O5. The second-order valence-corrected chi connectivity index (χ2v) is 4.84. The highest BCUT2D eigenvalue weighted by Gasteiger charge is 2.08. The van der Waals surface area contributed by atoms with Crippen LogP contribution in [-0.2, 0) is 16.1 Å². The van der Waals surface area contributed by atoms with Gasteiger partial charge in [0.05, 0.1) is 21.3 Å². The highest BCUT2D eigenvalue weighted by atomic mass is 16.5. The van der Waals surface area contributed by atoms with Crippen molar-refractivity contribution in [1.82, 2.24) is 0 Å². The summed E-state index contributed by atoms with van der Waals surface area (Å²) in [6, 6.07) is 12.8. The van der Waals surface area contributed by atoms with Crippen LogP contribution < -0.4 is 14.2 Å². The molecule has 0 N–H and O–H groups in total. The van der Waals surface area contributed by atoms with E-state index in [-0.39, 0.29) is 6.61 Å². The third-order valence-electron chi connectivity index (χ3n) is 3.39. The average Bonchev–Trinajstić information content (AvgIpc) is 2.64. The number of rotatable bonds is 7. The van der Waals surface area contributed by atoms with E-state index in [4.69, 9.17) is 18.9 Å². The summed E-state index contributed by atoms with van der Waals surface area (Å²) in [7, 11) is 4.69. The molecule has 0 fully saturated rings. The number of esters is 1. The van der Waals surface area contributed by atoms with Crippen LogP contribution in [0.15, 0.2) is 48.5 Å². The Balaban J connectivity index is 2.03. The molecular weight excluding hydrogens is 308 g/mol. The number of carbonyl (C=O) groups excluding carboxylic acids is 1. The van der Waals surface area contributed by atoms with Crippen molar-refractivity contribution in [2.45, 2.75) is 6.61 Å². The monoisotopic (exact) mass is 328 g/mol. The molecule has 5 heteroatoms. The maximum Gasteiger partial charge on any atom is 0.331 e. The molecule has 0 atom stereocenters. The van der Waals surface area contributed by atoms with Crippen LogP contribution in [0.5, 0.6) is 17.2 Å². The van der Waals surface area contributed by atoms with E-state index in [0.717, 1.165) is 11.1 Å². The summed E-state index contributed by atoms with van der Waals surface area (Å²) < 4.78 is 21.0. The van der Waals surface area contributed by atoms with Crippen molar-refractivity contribution in [3.05, 3.63) is 59.7 Å². The average molecular weight is 328 g/mol. The smallest absolute Gasteiger partial charge is 0.331 e. The molecule has 0 saturated carbocycles. The Morgan fingerprint density at radius 1 is 0.917 bits per heavy atom. The van der Waals surface area contributed by atoms with Crippen LogP contribution in [0.1, 0.15) is 11.1 Å². The van der Waals surface area contributed by atoms with E-state index in [1.54, 1.807) is 33.5 Å². The Morgan fingerprint density at radius 3 is 2.33 bits per heavy atom. The summed E-state index contributed by atoms with van der Waals surface area (Å²) in [6.45, 7) is 0.141. The quantitative estimate of drug-likeness (QED) is 0.575. The van der Waals surface area contributed by atoms with Gasteiger partial charge in [0.25, 0.3) is 0 Å². The minimum absolute atomic E-state index is 0.141. The third kappa shape index (κ3) is 4.29. The van der Waals surface area contributed by atoms with Gasteiger partial charge < -0.3 is 18.9 Å². The summed E-state index contributed by atoms with van der Waals surface area (Å²) >= 11 is 0. The molecule has 24 heavy (non-hydrogen) atoms. The lowest BCUT2D eigenvalue weighted by Crippen LogP contribution is -2.02. The molecule has 0 aliphatic rings. The van der Waals surface area contributed by atoms with E-state index in [1.165, 1.54) is 6.08 Å². The van der Waals surface area contributed by atoms with Crippen molar-refractivity contribution >= 4 is 12.0 Å². The Morgan fingerprint density at radius 2 is 1.62 bits per heavy atom. The number of methoxy groups -OCH3 is 3. The Kier molecular flexibility index (Phi) is 6.25. The number of hydrogen-bond donors (Lipinski definition) is 0. The Bertz CT molecular complexity index is 721. The maximum absolute atomic E-state index is 11.9.